The van der Waals surface area contributed by atoms with E-state index in [1.165, 1.54) is 4.90 Å². The number of hydrogen-bond acceptors (Lipinski definition) is 3. The summed E-state index contributed by atoms with van der Waals surface area (Å²) in [6, 6.07) is 0. The van der Waals surface area contributed by atoms with E-state index in [1.807, 2.05) is 20.8 Å². The predicted octanol–water partition coefficient (Wildman–Crippen LogP) is 1.62. The fraction of sp³-hybridized carbons (Fsp3) is 0.900. The lowest BCUT2D eigenvalue weighted by atomic mass is 10.2. The van der Waals surface area contributed by atoms with E-state index < -0.39 is 5.60 Å². The minimum Gasteiger partial charge on any atom is -0.444 e. The monoisotopic (exact) mass is 203 g/mol. The molecule has 4 heteroatoms. The fourth-order valence-corrected chi connectivity index (χ4v) is 1.23. The zero-order valence-electron chi connectivity index (χ0n) is 8.41. The Bertz CT molecular complexity index is 198. The molecule has 1 aliphatic heterocycles. The third-order valence-electron chi connectivity index (χ3n) is 1.82. The zero-order chi connectivity index (χ0) is 10.1. The molecule has 1 unspecified atom stereocenters. The predicted molar refractivity (Wildman–Crippen MR) is 55.2 cm³/mol. The Kier molecular flexibility index (Phi) is 4.39. The number of carbonyl (C=O) groups excluding carboxylic acids is 1. The number of hydrogen-bond donors (Lipinski definition) is 1. The smallest absolute Gasteiger partial charge is 0.410 e. The van der Waals surface area contributed by atoms with Gasteiger partial charge < -0.3 is 14.7 Å². The molecule has 84 valence electrons. The van der Waals surface area contributed by atoms with Gasteiger partial charge in [0.25, 0.3) is 0 Å². The van der Waals surface area contributed by atoms with Crippen molar-refractivity contribution >= 4 is 6.09 Å². The van der Waals surface area contributed by atoms with E-state index in [0.29, 0.717) is 19.5 Å². The quantitative estimate of drug-likeness (QED) is 0.651. The molecule has 0 aromatic heterocycles. The maximum absolute atomic E-state index is 11.4. The summed E-state index contributed by atoms with van der Waals surface area (Å²) < 4.78 is 5.15. The summed E-state index contributed by atoms with van der Waals surface area (Å²) in [5, 5.41) is 9.20. The van der Waals surface area contributed by atoms with Gasteiger partial charge in [0.15, 0.2) is 0 Å². The molecule has 0 radical (unpaired) electrons. The topological polar surface area (TPSA) is 49.8 Å². The van der Waals surface area contributed by atoms with Crippen LogP contribution >= 0.6 is 0 Å². The van der Waals surface area contributed by atoms with Crippen molar-refractivity contribution in [2.45, 2.75) is 46.3 Å². The van der Waals surface area contributed by atoms with E-state index in [-0.39, 0.29) is 19.6 Å². The number of aliphatic hydroxyl groups is 1. The minimum absolute atomic E-state index is 0. The maximum Gasteiger partial charge on any atom is 0.410 e. The van der Waals surface area contributed by atoms with Gasteiger partial charge >= 0.3 is 6.09 Å². The highest BCUT2D eigenvalue weighted by molar-refractivity contribution is 5.68. The first-order valence-electron chi connectivity index (χ1n) is 4.54. The third-order valence-corrected chi connectivity index (χ3v) is 1.82. The lowest BCUT2D eigenvalue weighted by Crippen LogP contribution is -2.35. The van der Waals surface area contributed by atoms with E-state index in [9.17, 15) is 9.90 Å². The number of ether oxygens (including phenoxy) is 1. The molecule has 1 N–H and O–H groups in total. The van der Waals surface area contributed by atoms with Crippen molar-refractivity contribution in [3.8, 4) is 0 Å². The molecular weight excluding hydrogens is 182 g/mol. The lowest BCUT2D eigenvalue weighted by molar-refractivity contribution is 0.0270. The first-order valence-corrected chi connectivity index (χ1v) is 4.54. The van der Waals surface area contributed by atoms with Crippen LogP contribution in [0.1, 0.15) is 34.6 Å². The molecule has 0 saturated carbocycles. The Balaban J connectivity index is 0.00000169. The van der Waals surface area contributed by atoms with Crippen molar-refractivity contribution in [1.29, 1.82) is 0 Å². The van der Waals surface area contributed by atoms with Gasteiger partial charge in [-0.3, -0.25) is 0 Å². The molecule has 0 aromatic carbocycles. The van der Waals surface area contributed by atoms with Crippen molar-refractivity contribution in [3.63, 3.8) is 0 Å². The van der Waals surface area contributed by atoms with Gasteiger partial charge in [0.1, 0.15) is 5.60 Å². The summed E-state index contributed by atoms with van der Waals surface area (Å²) in [5.74, 6) is 0. The fourth-order valence-electron chi connectivity index (χ4n) is 1.23. The number of carbonyl (C=O) groups is 1. The highest BCUT2D eigenvalue weighted by Crippen LogP contribution is 2.14. The molecule has 14 heavy (non-hydrogen) atoms. The van der Waals surface area contributed by atoms with Gasteiger partial charge in [-0.1, -0.05) is 7.43 Å². The van der Waals surface area contributed by atoms with Crippen LogP contribution in [0.15, 0.2) is 0 Å². The molecule has 4 nitrogen and oxygen atoms in total. The highest BCUT2D eigenvalue weighted by atomic mass is 16.6. The molecule has 1 saturated heterocycles. The van der Waals surface area contributed by atoms with E-state index in [1.54, 1.807) is 0 Å². The van der Waals surface area contributed by atoms with Gasteiger partial charge in [-0.2, -0.15) is 0 Å². The minimum atomic E-state index is -0.454. The number of amides is 1. The normalized spacial score (nSPS) is 21.7. The largest absolute Gasteiger partial charge is 0.444 e. The second-order valence-corrected chi connectivity index (χ2v) is 4.37. The summed E-state index contributed by atoms with van der Waals surface area (Å²) in [6.45, 7) is 6.48. The molecule has 0 aromatic rings. The first kappa shape index (κ1) is 13.2. The van der Waals surface area contributed by atoms with Crippen molar-refractivity contribution in [3.05, 3.63) is 0 Å². The maximum atomic E-state index is 11.4. The van der Waals surface area contributed by atoms with Crippen LogP contribution in [0.3, 0.4) is 0 Å². The Labute approximate surface area is 85.9 Å². The molecule has 1 aliphatic rings. The summed E-state index contributed by atoms with van der Waals surface area (Å²) >= 11 is 0. The van der Waals surface area contributed by atoms with E-state index in [4.69, 9.17) is 4.74 Å². The molecule has 1 fully saturated rings. The molecular formula is C10H21NO3. The van der Waals surface area contributed by atoms with Gasteiger partial charge in [-0.15, -0.1) is 0 Å². The standard InChI is InChI=1S/C9H17NO3.CH4/c1-9(2,3)13-8(12)10-5-4-7(11)6-10;/h7,11H,4-6H2,1-3H3;1H4. The second-order valence-electron chi connectivity index (χ2n) is 4.37. The average molecular weight is 203 g/mol. The lowest BCUT2D eigenvalue weighted by Gasteiger charge is -2.24. The molecule has 1 heterocycles. The van der Waals surface area contributed by atoms with Crippen LogP contribution < -0.4 is 0 Å². The number of likely N-dealkylation sites (tertiary alicyclic amines) is 1. The average Bonchev–Trinajstić information content (AvgIpc) is 2.31. The Morgan fingerprint density at radius 1 is 1.50 bits per heavy atom. The summed E-state index contributed by atoms with van der Waals surface area (Å²) in [5.41, 5.74) is -0.454. The molecule has 1 atom stereocenters. The number of rotatable bonds is 0. The van der Waals surface area contributed by atoms with Gasteiger partial charge in [-0.25, -0.2) is 4.79 Å². The Hall–Kier alpha value is -0.770. The zero-order valence-corrected chi connectivity index (χ0v) is 8.41. The van der Waals surface area contributed by atoms with Gasteiger partial charge in [-0.05, 0) is 27.2 Å². The SMILES string of the molecule is C.CC(C)(C)OC(=O)N1CCC(O)C1. The number of β-amino-alcohol motifs (C(OH)–C–C–N with tert-alkyl or cyclic N) is 1. The Morgan fingerprint density at radius 2 is 2.07 bits per heavy atom. The second kappa shape index (κ2) is 4.64. The van der Waals surface area contributed by atoms with E-state index in [2.05, 4.69) is 0 Å². The molecule has 0 bridgehead atoms. The highest BCUT2D eigenvalue weighted by Gasteiger charge is 2.28. The molecule has 0 spiro atoms. The van der Waals surface area contributed by atoms with Crippen LogP contribution in [0.4, 0.5) is 4.79 Å². The van der Waals surface area contributed by atoms with Crippen molar-refractivity contribution < 1.29 is 14.6 Å². The van der Waals surface area contributed by atoms with Crippen molar-refractivity contribution in [2.24, 2.45) is 0 Å². The summed E-state index contributed by atoms with van der Waals surface area (Å²) in [4.78, 5) is 12.9. The molecule has 1 amide bonds. The first-order chi connectivity index (χ1) is 5.88. The van der Waals surface area contributed by atoms with Gasteiger partial charge in [0, 0.05) is 13.1 Å². The Morgan fingerprint density at radius 3 is 2.43 bits per heavy atom. The van der Waals surface area contributed by atoms with Crippen molar-refractivity contribution in [2.75, 3.05) is 13.1 Å². The third kappa shape index (κ3) is 3.96. The van der Waals surface area contributed by atoms with Crippen LogP contribution in [0.5, 0.6) is 0 Å². The van der Waals surface area contributed by atoms with Crippen LogP contribution in [0, 0.1) is 0 Å². The van der Waals surface area contributed by atoms with Crippen molar-refractivity contribution in [1.82, 2.24) is 4.90 Å². The van der Waals surface area contributed by atoms with Crippen LogP contribution in [0.2, 0.25) is 0 Å². The van der Waals surface area contributed by atoms with Crippen LogP contribution in [-0.2, 0) is 4.74 Å². The van der Waals surface area contributed by atoms with Gasteiger partial charge in [0.2, 0.25) is 0 Å². The van der Waals surface area contributed by atoms with Crippen LogP contribution in [-0.4, -0.2) is 40.9 Å². The van der Waals surface area contributed by atoms with Gasteiger partial charge in [0.05, 0.1) is 6.10 Å². The number of nitrogens with zero attached hydrogens (tertiary/aromatic N) is 1. The van der Waals surface area contributed by atoms with E-state index in [0.717, 1.165) is 0 Å². The van der Waals surface area contributed by atoms with E-state index >= 15 is 0 Å². The molecule has 0 aliphatic carbocycles. The van der Waals surface area contributed by atoms with Crippen LogP contribution in [0.25, 0.3) is 0 Å². The number of aliphatic hydroxyl groups excluding tert-OH is 1. The summed E-state index contributed by atoms with van der Waals surface area (Å²) in [6.07, 6.45) is -0.0595. The molecule has 1 rings (SSSR count). The summed E-state index contributed by atoms with van der Waals surface area (Å²) in [7, 11) is 0.